The fraction of sp³-hybridized carbons (Fsp3) is 0.0588. The predicted molar refractivity (Wildman–Crippen MR) is 82.3 cm³/mol. The number of hydrogen-bond donors (Lipinski definition) is 1. The van der Waals surface area contributed by atoms with E-state index >= 15 is 0 Å². The summed E-state index contributed by atoms with van der Waals surface area (Å²) in [4.78, 5) is 18.6. The van der Waals surface area contributed by atoms with Crippen molar-refractivity contribution < 1.29 is 4.42 Å². The summed E-state index contributed by atoms with van der Waals surface area (Å²) in [7, 11) is 0. The fourth-order valence-corrected chi connectivity index (χ4v) is 2.58. The third kappa shape index (κ3) is 1.84. The first-order valence-electron chi connectivity index (χ1n) is 6.70. The van der Waals surface area contributed by atoms with E-state index in [2.05, 4.69) is 9.97 Å². The number of nitrogens with zero attached hydrogens (tertiary/aromatic N) is 1. The second kappa shape index (κ2) is 4.31. The SMILES string of the molecule is Cc1ccc(-c2cc3ccccc3o2)c2ncc(=O)[nH]c12. The highest BCUT2D eigenvalue weighted by molar-refractivity contribution is 5.94. The Morgan fingerprint density at radius 3 is 2.86 bits per heavy atom. The molecular weight excluding hydrogens is 264 g/mol. The number of fused-ring (bicyclic) bond motifs is 2. The zero-order chi connectivity index (χ0) is 14.4. The molecule has 0 atom stereocenters. The molecule has 2 heterocycles. The molecule has 0 bridgehead atoms. The summed E-state index contributed by atoms with van der Waals surface area (Å²) in [6, 6.07) is 13.8. The van der Waals surface area contributed by atoms with E-state index in [4.69, 9.17) is 4.42 Å². The molecule has 2 aromatic carbocycles. The van der Waals surface area contributed by atoms with Crippen molar-refractivity contribution >= 4 is 22.0 Å². The van der Waals surface area contributed by atoms with E-state index in [1.54, 1.807) is 0 Å². The molecule has 0 spiro atoms. The van der Waals surface area contributed by atoms with E-state index < -0.39 is 0 Å². The highest BCUT2D eigenvalue weighted by Gasteiger charge is 2.12. The lowest BCUT2D eigenvalue weighted by molar-refractivity contribution is 0.632. The number of rotatable bonds is 1. The Balaban J connectivity index is 2.06. The lowest BCUT2D eigenvalue weighted by atomic mass is 10.1. The molecule has 0 radical (unpaired) electrons. The van der Waals surface area contributed by atoms with E-state index in [0.29, 0.717) is 0 Å². The van der Waals surface area contributed by atoms with E-state index in [1.165, 1.54) is 6.20 Å². The van der Waals surface area contributed by atoms with Crippen LogP contribution >= 0.6 is 0 Å². The first kappa shape index (κ1) is 11.9. The number of aryl methyl sites for hydroxylation is 1. The van der Waals surface area contributed by atoms with Crippen LogP contribution in [0.15, 0.2) is 57.9 Å². The number of para-hydroxylation sites is 1. The summed E-state index contributed by atoms with van der Waals surface area (Å²) >= 11 is 0. The summed E-state index contributed by atoms with van der Waals surface area (Å²) in [5.41, 5.74) is 3.99. The number of H-pyrrole nitrogens is 1. The molecule has 0 aliphatic carbocycles. The van der Waals surface area contributed by atoms with Crippen molar-refractivity contribution in [3.8, 4) is 11.3 Å². The van der Waals surface area contributed by atoms with Gasteiger partial charge in [0.05, 0.1) is 17.2 Å². The van der Waals surface area contributed by atoms with Crippen molar-refractivity contribution in [2.45, 2.75) is 6.92 Å². The zero-order valence-electron chi connectivity index (χ0n) is 11.4. The van der Waals surface area contributed by atoms with Gasteiger partial charge in [0.25, 0.3) is 5.56 Å². The van der Waals surface area contributed by atoms with Gasteiger partial charge in [-0.2, -0.15) is 0 Å². The number of benzene rings is 2. The monoisotopic (exact) mass is 276 g/mol. The predicted octanol–water partition coefficient (Wildman–Crippen LogP) is 3.64. The van der Waals surface area contributed by atoms with Gasteiger partial charge < -0.3 is 9.40 Å². The Morgan fingerprint density at radius 2 is 2.00 bits per heavy atom. The summed E-state index contributed by atoms with van der Waals surface area (Å²) in [6.07, 6.45) is 1.30. The lowest BCUT2D eigenvalue weighted by Gasteiger charge is -2.05. The number of aromatic amines is 1. The molecular formula is C17H12N2O2. The number of nitrogens with one attached hydrogen (secondary N) is 1. The van der Waals surface area contributed by atoms with Crippen LogP contribution in [0, 0.1) is 6.92 Å². The van der Waals surface area contributed by atoms with Crippen molar-refractivity contribution in [1.82, 2.24) is 9.97 Å². The number of aromatic nitrogens is 2. The van der Waals surface area contributed by atoms with Crippen LogP contribution in [0.2, 0.25) is 0 Å². The average molecular weight is 276 g/mol. The third-order valence-corrected chi connectivity index (χ3v) is 3.64. The van der Waals surface area contributed by atoms with Gasteiger partial charge in [0.15, 0.2) is 0 Å². The van der Waals surface area contributed by atoms with Gasteiger partial charge in [0.2, 0.25) is 0 Å². The number of furan rings is 1. The molecule has 0 saturated carbocycles. The molecule has 0 amide bonds. The van der Waals surface area contributed by atoms with Crippen LogP contribution in [0.25, 0.3) is 33.3 Å². The minimum atomic E-state index is -0.202. The average Bonchev–Trinajstić information content (AvgIpc) is 2.92. The van der Waals surface area contributed by atoms with Crippen LogP contribution in [0.3, 0.4) is 0 Å². The van der Waals surface area contributed by atoms with Crippen LogP contribution in [0.4, 0.5) is 0 Å². The molecule has 1 N–H and O–H groups in total. The summed E-state index contributed by atoms with van der Waals surface area (Å²) in [6.45, 7) is 1.95. The standard InChI is InChI=1S/C17H12N2O2/c1-10-6-7-12(17-16(10)19-15(20)9-18-17)14-8-11-4-2-3-5-13(11)21-14/h2-9H,1H3,(H,19,20). The lowest BCUT2D eigenvalue weighted by Crippen LogP contribution is -2.06. The van der Waals surface area contributed by atoms with Gasteiger partial charge in [-0.25, -0.2) is 4.98 Å². The van der Waals surface area contributed by atoms with Gasteiger partial charge in [-0.1, -0.05) is 24.3 Å². The maximum Gasteiger partial charge on any atom is 0.266 e. The van der Waals surface area contributed by atoms with Gasteiger partial charge in [0, 0.05) is 10.9 Å². The Bertz CT molecular complexity index is 995. The topological polar surface area (TPSA) is 58.9 Å². The molecule has 0 aliphatic rings. The Morgan fingerprint density at radius 1 is 1.14 bits per heavy atom. The highest BCUT2D eigenvalue weighted by Crippen LogP contribution is 2.32. The minimum Gasteiger partial charge on any atom is -0.456 e. The van der Waals surface area contributed by atoms with E-state index in [0.717, 1.165) is 38.9 Å². The van der Waals surface area contributed by atoms with Crippen molar-refractivity contribution in [3.63, 3.8) is 0 Å². The van der Waals surface area contributed by atoms with Gasteiger partial charge in [0.1, 0.15) is 11.3 Å². The Labute approximate surface area is 120 Å². The van der Waals surface area contributed by atoms with Crippen LogP contribution in [0.1, 0.15) is 5.56 Å². The minimum absolute atomic E-state index is 0.202. The second-order valence-electron chi connectivity index (χ2n) is 5.05. The normalized spacial score (nSPS) is 11.3. The summed E-state index contributed by atoms with van der Waals surface area (Å²) < 4.78 is 5.90. The summed E-state index contributed by atoms with van der Waals surface area (Å²) in [5.74, 6) is 0.751. The van der Waals surface area contributed by atoms with Crippen molar-refractivity contribution in [3.05, 3.63) is 64.6 Å². The highest BCUT2D eigenvalue weighted by atomic mass is 16.3. The van der Waals surface area contributed by atoms with Gasteiger partial charge in [-0.3, -0.25) is 4.79 Å². The number of hydrogen-bond acceptors (Lipinski definition) is 3. The van der Waals surface area contributed by atoms with E-state index in [9.17, 15) is 4.79 Å². The molecule has 21 heavy (non-hydrogen) atoms. The summed E-state index contributed by atoms with van der Waals surface area (Å²) in [5, 5.41) is 1.05. The molecule has 0 aliphatic heterocycles. The van der Waals surface area contributed by atoms with Crippen molar-refractivity contribution in [2.75, 3.05) is 0 Å². The molecule has 4 nitrogen and oxygen atoms in total. The molecule has 0 fully saturated rings. The van der Waals surface area contributed by atoms with Gasteiger partial charge >= 0.3 is 0 Å². The maximum absolute atomic E-state index is 11.5. The molecule has 4 heteroatoms. The Kier molecular flexibility index (Phi) is 2.44. The van der Waals surface area contributed by atoms with Gasteiger partial charge in [-0.05, 0) is 30.7 Å². The first-order chi connectivity index (χ1) is 10.2. The smallest absolute Gasteiger partial charge is 0.266 e. The van der Waals surface area contributed by atoms with Crippen LogP contribution < -0.4 is 5.56 Å². The molecule has 0 saturated heterocycles. The quantitative estimate of drug-likeness (QED) is 0.577. The molecule has 4 aromatic rings. The molecule has 0 unspecified atom stereocenters. The van der Waals surface area contributed by atoms with Crippen LogP contribution in [-0.2, 0) is 0 Å². The van der Waals surface area contributed by atoms with Crippen LogP contribution in [0.5, 0.6) is 0 Å². The third-order valence-electron chi connectivity index (χ3n) is 3.64. The van der Waals surface area contributed by atoms with E-state index in [1.807, 2.05) is 49.4 Å². The molecule has 4 rings (SSSR count). The second-order valence-corrected chi connectivity index (χ2v) is 5.05. The largest absolute Gasteiger partial charge is 0.456 e. The maximum atomic E-state index is 11.5. The first-order valence-corrected chi connectivity index (χ1v) is 6.70. The fourth-order valence-electron chi connectivity index (χ4n) is 2.58. The van der Waals surface area contributed by atoms with Crippen molar-refractivity contribution in [1.29, 1.82) is 0 Å². The molecule has 102 valence electrons. The van der Waals surface area contributed by atoms with E-state index in [-0.39, 0.29) is 5.56 Å². The molecule has 2 aromatic heterocycles. The Hall–Kier alpha value is -2.88. The van der Waals surface area contributed by atoms with Crippen LogP contribution in [-0.4, -0.2) is 9.97 Å². The van der Waals surface area contributed by atoms with Gasteiger partial charge in [-0.15, -0.1) is 0 Å². The van der Waals surface area contributed by atoms with Crippen molar-refractivity contribution in [2.24, 2.45) is 0 Å². The zero-order valence-corrected chi connectivity index (χ0v) is 11.4.